The quantitative estimate of drug-likeness (QED) is 0.767. The number of aryl methyl sites for hydroxylation is 1. The third-order valence-electron chi connectivity index (χ3n) is 2.07. The highest BCUT2D eigenvalue weighted by atomic mass is 79.9. The van der Waals surface area contributed by atoms with Crippen molar-refractivity contribution >= 4 is 38.1 Å². The van der Waals surface area contributed by atoms with Crippen molar-refractivity contribution in [2.45, 2.75) is 13.5 Å². The predicted octanol–water partition coefficient (Wildman–Crippen LogP) is 3.29. The average molecular weight is 376 g/mol. The van der Waals surface area contributed by atoms with E-state index in [-0.39, 0.29) is 6.61 Å². The summed E-state index contributed by atoms with van der Waals surface area (Å²) in [5.41, 5.74) is 0.551. The van der Waals surface area contributed by atoms with Crippen LogP contribution >= 0.6 is 31.9 Å². The fourth-order valence-electron chi connectivity index (χ4n) is 1.32. The minimum absolute atomic E-state index is 0.165. The zero-order valence-corrected chi connectivity index (χ0v) is 12.5. The molecule has 0 radical (unpaired) electrons. The first kappa shape index (κ1) is 13.2. The Bertz CT molecular complexity index is 560. The van der Waals surface area contributed by atoms with Crippen LogP contribution in [0.4, 0.5) is 0 Å². The Labute approximate surface area is 120 Å². The third kappa shape index (κ3) is 2.97. The van der Waals surface area contributed by atoms with E-state index >= 15 is 0 Å². The summed E-state index contributed by atoms with van der Waals surface area (Å²) >= 11 is 6.67. The second kappa shape index (κ2) is 5.62. The lowest BCUT2D eigenvalue weighted by atomic mass is 10.2. The maximum atomic E-state index is 10.7. The molecule has 1 aromatic heterocycles. The SMILES string of the molecule is Cc1noc(COc2c(Br)cc(C=O)cc2Br)n1. The molecule has 0 aliphatic carbocycles. The molecule has 0 atom stereocenters. The lowest BCUT2D eigenvalue weighted by molar-refractivity contribution is 0.112. The third-order valence-corrected chi connectivity index (χ3v) is 3.24. The molecule has 5 nitrogen and oxygen atoms in total. The van der Waals surface area contributed by atoms with Crippen LogP contribution in [0.3, 0.4) is 0 Å². The fraction of sp³-hybridized carbons (Fsp3) is 0.182. The number of carbonyl (C=O) groups excluding carboxylic acids is 1. The van der Waals surface area contributed by atoms with Crippen molar-refractivity contribution in [1.29, 1.82) is 0 Å². The summed E-state index contributed by atoms with van der Waals surface area (Å²) < 4.78 is 11.9. The molecule has 0 unspecified atom stereocenters. The monoisotopic (exact) mass is 374 g/mol. The number of hydrogen-bond acceptors (Lipinski definition) is 5. The van der Waals surface area contributed by atoms with Gasteiger partial charge in [-0.1, -0.05) is 5.16 Å². The van der Waals surface area contributed by atoms with E-state index in [1.54, 1.807) is 19.1 Å². The number of aromatic nitrogens is 2. The Morgan fingerprint density at radius 2 is 2.06 bits per heavy atom. The normalized spacial score (nSPS) is 10.4. The van der Waals surface area contributed by atoms with Gasteiger partial charge in [0.1, 0.15) is 12.0 Å². The lowest BCUT2D eigenvalue weighted by Crippen LogP contribution is -1.98. The van der Waals surface area contributed by atoms with Gasteiger partial charge in [0.15, 0.2) is 12.4 Å². The Morgan fingerprint density at radius 1 is 1.39 bits per heavy atom. The standard InChI is InChI=1S/C11H8Br2N2O3/c1-6-14-10(18-15-6)5-17-11-8(12)2-7(4-16)3-9(11)13/h2-4H,5H2,1H3. The predicted molar refractivity (Wildman–Crippen MR) is 70.6 cm³/mol. The molecule has 0 saturated heterocycles. The van der Waals surface area contributed by atoms with E-state index in [0.717, 1.165) is 6.29 Å². The summed E-state index contributed by atoms with van der Waals surface area (Å²) in [4.78, 5) is 14.7. The summed E-state index contributed by atoms with van der Waals surface area (Å²) in [6.45, 7) is 1.90. The van der Waals surface area contributed by atoms with E-state index in [4.69, 9.17) is 9.26 Å². The van der Waals surface area contributed by atoms with Gasteiger partial charge in [-0.3, -0.25) is 4.79 Å². The van der Waals surface area contributed by atoms with Crippen LogP contribution in [0.5, 0.6) is 5.75 Å². The van der Waals surface area contributed by atoms with Crippen molar-refractivity contribution in [3.63, 3.8) is 0 Å². The van der Waals surface area contributed by atoms with E-state index in [1.165, 1.54) is 0 Å². The molecule has 0 saturated carbocycles. The molecule has 0 fully saturated rings. The number of carbonyl (C=O) groups is 1. The molecule has 7 heteroatoms. The highest BCUT2D eigenvalue weighted by Gasteiger charge is 2.11. The Hall–Kier alpha value is -1.21. The molecule has 0 N–H and O–H groups in total. The topological polar surface area (TPSA) is 65.2 Å². The first-order valence-electron chi connectivity index (χ1n) is 4.96. The molecule has 2 aromatic rings. The van der Waals surface area contributed by atoms with Crippen LogP contribution in [-0.2, 0) is 6.61 Å². The van der Waals surface area contributed by atoms with Crippen LogP contribution in [0.2, 0.25) is 0 Å². The second-order valence-corrected chi connectivity index (χ2v) is 5.16. The number of nitrogens with zero attached hydrogens (tertiary/aromatic N) is 2. The molecule has 0 aliphatic heterocycles. The van der Waals surface area contributed by atoms with Crippen LogP contribution in [0.15, 0.2) is 25.6 Å². The number of aldehydes is 1. The first-order chi connectivity index (χ1) is 8.60. The number of hydrogen-bond donors (Lipinski definition) is 0. The van der Waals surface area contributed by atoms with Crippen molar-refractivity contribution in [1.82, 2.24) is 10.1 Å². The van der Waals surface area contributed by atoms with Gasteiger partial charge in [-0.25, -0.2) is 0 Å². The molecular formula is C11H8Br2N2O3. The average Bonchev–Trinajstić information content (AvgIpc) is 2.73. The van der Waals surface area contributed by atoms with E-state index in [1.807, 2.05) is 0 Å². The highest BCUT2D eigenvalue weighted by molar-refractivity contribution is 9.11. The Kier molecular flexibility index (Phi) is 4.13. The van der Waals surface area contributed by atoms with Crippen molar-refractivity contribution in [3.05, 3.63) is 38.4 Å². The smallest absolute Gasteiger partial charge is 0.264 e. The Balaban J connectivity index is 2.16. The van der Waals surface area contributed by atoms with E-state index in [9.17, 15) is 4.79 Å². The number of ether oxygens (including phenoxy) is 1. The van der Waals surface area contributed by atoms with Gasteiger partial charge in [-0.15, -0.1) is 0 Å². The van der Waals surface area contributed by atoms with Crippen molar-refractivity contribution in [2.75, 3.05) is 0 Å². The fourth-order valence-corrected chi connectivity index (χ4v) is 2.77. The summed E-state index contributed by atoms with van der Waals surface area (Å²) in [6, 6.07) is 3.35. The zero-order chi connectivity index (χ0) is 13.1. The van der Waals surface area contributed by atoms with Gasteiger partial charge >= 0.3 is 0 Å². The van der Waals surface area contributed by atoms with Crippen molar-refractivity contribution < 1.29 is 14.1 Å². The highest BCUT2D eigenvalue weighted by Crippen LogP contribution is 2.34. The summed E-state index contributed by atoms with van der Waals surface area (Å²) in [5, 5.41) is 3.67. The Morgan fingerprint density at radius 3 is 2.56 bits per heavy atom. The van der Waals surface area contributed by atoms with Crippen LogP contribution in [0.25, 0.3) is 0 Å². The number of rotatable bonds is 4. The van der Waals surface area contributed by atoms with Gasteiger partial charge in [0.05, 0.1) is 8.95 Å². The van der Waals surface area contributed by atoms with Gasteiger partial charge < -0.3 is 9.26 Å². The maximum Gasteiger partial charge on any atom is 0.264 e. The van der Waals surface area contributed by atoms with Crippen molar-refractivity contribution in [2.24, 2.45) is 0 Å². The second-order valence-electron chi connectivity index (χ2n) is 3.46. The summed E-state index contributed by atoms with van der Waals surface area (Å²) in [6.07, 6.45) is 0.765. The minimum atomic E-state index is 0.165. The first-order valence-corrected chi connectivity index (χ1v) is 6.55. The molecule has 0 bridgehead atoms. The lowest BCUT2D eigenvalue weighted by Gasteiger charge is -2.08. The minimum Gasteiger partial charge on any atom is -0.481 e. The van der Waals surface area contributed by atoms with Crippen LogP contribution in [-0.4, -0.2) is 16.4 Å². The van der Waals surface area contributed by atoms with Gasteiger partial charge in [0, 0.05) is 5.56 Å². The summed E-state index contributed by atoms with van der Waals surface area (Å²) in [5.74, 6) is 1.53. The molecule has 0 spiro atoms. The molecule has 2 rings (SSSR count). The molecule has 94 valence electrons. The molecular weight excluding hydrogens is 368 g/mol. The van der Waals surface area contributed by atoms with E-state index in [2.05, 4.69) is 42.0 Å². The molecule has 1 aromatic carbocycles. The summed E-state index contributed by atoms with van der Waals surface area (Å²) in [7, 11) is 0. The molecule has 0 amide bonds. The van der Waals surface area contributed by atoms with Crippen LogP contribution < -0.4 is 4.74 Å². The maximum absolute atomic E-state index is 10.7. The van der Waals surface area contributed by atoms with Crippen LogP contribution in [0, 0.1) is 6.92 Å². The van der Waals surface area contributed by atoms with Crippen LogP contribution in [0.1, 0.15) is 22.1 Å². The van der Waals surface area contributed by atoms with Gasteiger partial charge in [-0.05, 0) is 50.9 Å². The van der Waals surface area contributed by atoms with E-state index < -0.39 is 0 Å². The largest absolute Gasteiger partial charge is 0.481 e. The molecule has 1 heterocycles. The van der Waals surface area contributed by atoms with Gasteiger partial charge in [0.25, 0.3) is 5.89 Å². The van der Waals surface area contributed by atoms with E-state index in [0.29, 0.717) is 32.0 Å². The number of benzene rings is 1. The molecule has 18 heavy (non-hydrogen) atoms. The van der Waals surface area contributed by atoms with Gasteiger partial charge in [0.2, 0.25) is 0 Å². The molecule has 0 aliphatic rings. The zero-order valence-electron chi connectivity index (χ0n) is 9.31. The number of halogens is 2. The van der Waals surface area contributed by atoms with Crippen molar-refractivity contribution in [3.8, 4) is 5.75 Å². The van der Waals surface area contributed by atoms with Gasteiger partial charge in [-0.2, -0.15) is 4.98 Å².